The van der Waals surface area contributed by atoms with Crippen molar-refractivity contribution in [3.8, 4) is 5.75 Å². The van der Waals surface area contributed by atoms with E-state index in [1.54, 1.807) is 6.07 Å². The average Bonchev–Trinajstić information content (AvgIpc) is 3.39. The number of Topliss-reactive ketones (excluding diaryl/α,β-unsaturated/α-hetero) is 1. The van der Waals surface area contributed by atoms with Gasteiger partial charge in [-0.2, -0.15) is 0 Å². The van der Waals surface area contributed by atoms with Crippen LogP contribution in [0.25, 0.3) is 10.9 Å². The summed E-state index contributed by atoms with van der Waals surface area (Å²) in [5.41, 5.74) is 4.41. The molecule has 1 aromatic heterocycles. The molecule has 0 radical (unpaired) electrons. The van der Waals surface area contributed by atoms with E-state index in [4.69, 9.17) is 0 Å². The highest BCUT2D eigenvalue weighted by atomic mass is 16.3. The molecule has 1 saturated heterocycles. The Labute approximate surface area is 207 Å². The predicted molar refractivity (Wildman–Crippen MR) is 141 cm³/mol. The molecule has 3 aromatic rings. The molecule has 35 heavy (non-hydrogen) atoms. The number of aryl methyl sites for hydroxylation is 1. The van der Waals surface area contributed by atoms with E-state index in [1.807, 2.05) is 12.3 Å². The van der Waals surface area contributed by atoms with E-state index in [2.05, 4.69) is 50.4 Å². The van der Waals surface area contributed by atoms with Crippen molar-refractivity contribution in [2.45, 2.75) is 57.0 Å². The number of H-pyrrole nitrogens is 1. The first-order valence-electron chi connectivity index (χ1n) is 13.4. The highest BCUT2D eigenvalue weighted by Crippen LogP contribution is 2.37. The van der Waals surface area contributed by atoms with E-state index >= 15 is 0 Å². The van der Waals surface area contributed by atoms with Crippen molar-refractivity contribution in [1.29, 1.82) is 0 Å². The van der Waals surface area contributed by atoms with Crippen molar-refractivity contribution in [2.24, 2.45) is 5.92 Å². The highest BCUT2D eigenvalue weighted by molar-refractivity contribution is 5.92. The van der Waals surface area contributed by atoms with E-state index in [-0.39, 0.29) is 18.0 Å². The summed E-state index contributed by atoms with van der Waals surface area (Å²) in [6.45, 7) is 3.56. The molecule has 0 bridgehead atoms. The number of aromatic hydroxyl groups is 1. The maximum Gasteiger partial charge on any atom is 0.155 e. The number of carbonyl (C=O) groups is 1. The van der Waals surface area contributed by atoms with E-state index in [0.29, 0.717) is 11.5 Å². The molecule has 2 aliphatic heterocycles. The summed E-state index contributed by atoms with van der Waals surface area (Å²) < 4.78 is 0. The second kappa shape index (κ2) is 9.57. The number of ketones is 1. The fraction of sp³-hybridized carbons (Fsp3) is 0.483. The summed E-state index contributed by atoms with van der Waals surface area (Å²) in [7, 11) is 0. The monoisotopic (exact) mass is 472 g/mol. The van der Waals surface area contributed by atoms with Gasteiger partial charge in [0, 0.05) is 60.9 Å². The third-order valence-corrected chi connectivity index (χ3v) is 8.48. The zero-order valence-corrected chi connectivity index (χ0v) is 20.4. The number of aromatic nitrogens is 1. The Hall–Kier alpha value is -2.99. The molecule has 2 fully saturated rings. The minimum Gasteiger partial charge on any atom is -0.506 e. The Morgan fingerprint density at radius 1 is 0.943 bits per heavy atom. The highest BCUT2D eigenvalue weighted by Gasteiger charge is 2.40. The minimum absolute atomic E-state index is 0.0323. The van der Waals surface area contributed by atoms with Gasteiger partial charge >= 0.3 is 0 Å². The Morgan fingerprint density at radius 2 is 1.74 bits per heavy atom. The van der Waals surface area contributed by atoms with Gasteiger partial charge in [-0.15, -0.1) is 0 Å². The van der Waals surface area contributed by atoms with Crippen LogP contribution in [0.2, 0.25) is 0 Å². The Kier molecular flexibility index (Phi) is 6.15. The fourth-order valence-corrected chi connectivity index (χ4v) is 6.61. The largest absolute Gasteiger partial charge is 0.506 e. The number of anilines is 2. The van der Waals surface area contributed by atoms with Crippen LogP contribution in [0.1, 0.15) is 44.1 Å². The predicted octanol–water partition coefficient (Wildman–Crippen LogP) is 4.94. The standard InChI is InChI=1S/C29H36N4O2/c34-26-11-4-8-20-12-13-24(31-27(20)26)28(29(35)21-6-2-1-3-7-21)33-18-16-32(17-19-33)25-10-5-9-23-22(25)14-15-30-23/h4-5,8-11,14-15,21,24,28,30-31,34H,1-3,6-7,12-13,16-19H2. The van der Waals surface area contributed by atoms with Crippen LogP contribution in [0.4, 0.5) is 11.4 Å². The van der Waals surface area contributed by atoms with Gasteiger partial charge in [0.05, 0.1) is 11.7 Å². The van der Waals surface area contributed by atoms with Crippen LogP contribution in [-0.4, -0.2) is 59.0 Å². The molecule has 1 aliphatic carbocycles. The molecule has 6 heteroatoms. The maximum atomic E-state index is 14.0. The second-order valence-corrected chi connectivity index (χ2v) is 10.5. The van der Waals surface area contributed by atoms with Crippen molar-refractivity contribution in [3.05, 3.63) is 54.2 Å². The lowest BCUT2D eigenvalue weighted by Gasteiger charge is -2.45. The molecular weight excluding hydrogens is 436 g/mol. The number of aromatic amines is 1. The zero-order chi connectivity index (χ0) is 23.8. The molecule has 6 rings (SSSR count). The van der Waals surface area contributed by atoms with Gasteiger partial charge in [0.1, 0.15) is 5.75 Å². The number of carbonyl (C=O) groups excluding carboxylic acids is 1. The van der Waals surface area contributed by atoms with Crippen LogP contribution in [0.3, 0.4) is 0 Å². The van der Waals surface area contributed by atoms with Crippen LogP contribution in [0, 0.1) is 5.92 Å². The van der Waals surface area contributed by atoms with E-state index in [0.717, 1.165) is 63.1 Å². The molecule has 2 aromatic carbocycles. The summed E-state index contributed by atoms with van der Waals surface area (Å²) in [6.07, 6.45) is 9.46. The molecular formula is C29H36N4O2. The molecule has 3 aliphatic rings. The van der Waals surface area contributed by atoms with Crippen LogP contribution in [0.5, 0.6) is 5.75 Å². The number of para-hydroxylation sites is 1. The summed E-state index contributed by atoms with van der Waals surface area (Å²) in [6, 6.07) is 14.2. The van der Waals surface area contributed by atoms with Gasteiger partial charge in [-0.25, -0.2) is 0 Å². The topological polar surface area (TPSA) is 71.6 Å². The number of fused-ring (bicyclic) bond motifs is 2. The van der Waals surface area contributed by atoms with E-state index in [9.17, 15) is 9.90 Å². The number of hydrogen-bond donors (Lipinski definition) is 3. The third-order valence-electron chi connectivity index (χ3n) is 8.48. The van der Waals surface area contributed by atoms with Gasteiger partial charge in [0.25, 0.3) is 0 Å². The lowest BCUT2D eigenvalue weighted by molar-refractivity contribution is -0.130. The first-order chi connectivity index (χ1) is 17.2. The second-order valence-electron chi connectivity index (χ2n) is 10.5. The molecule has 184 valence electrons. The van der Waals surface area contributed by atoms with E-state index in [1.165, 1.54) is 35.9 Å². The molecule has 0 amide bonds. The summed E-state index contributed by atoms with van der Waals surface area (Å²) in [5.74, 6) is 0.885. The SMILES string of the molecule is O=C(C1CCCCC1)C(C1CCc2cccc(O)c2N1)N1CCN(c2cccc3[nH]ccc23)CC1. The van der Waals surface area contributed by atoms with Gasteiger partial charge in [-0.05, 0) is 55.5 Å². The number of rotatable bonds is 5. The van der Waals surface area contributed by atoms with Gasteiger partial charge in [-0.3, -0.25) is 9.69 Å². The van der Waals surface area contributed by atoms with Crippen molar-refractivity contribution >= 4 is 28.1 Å². The lowest BCUT2D eigenvalue weighted by atomic mass is 9.80. The number of nitrogens with one attached hydrogen (secondary N) is 2. The number of phenols is 1. The maximum absolute atomic E-state index is 14.0. The van der Waals surface area contributed by atoms with Gasteiger partial charge in [0.2, 0.25) is 0 Å². The number of hydrogen-bond acceptors (Lipinski definition) is 5. The minimum atomic E-state index is -0.143. The van der Waals surface area contributed by atoms with Crippen molar-refractivity contribution in [2.75, 3.05) is 36.4 Å². The van der Waals surface area contributed by atoms with Crippen molar-refractivity contribution in [3.63, 3.8) is 0 Å². The average molecular weight is 473 g/mol. The van der Waals surface area contributed by atoms with Crippen LogP contribution >= 0.6 is 0 Å². The zero-order valence-electron chi connectivity index (χ0n) is 20.4. The number of piperazine rings is 1. The Balaban J connectivity index is 1.24. The first kappa shape index (κ1) is 22.5. The number of phenolic OH excluding ortho intramolecular Hbond substituents is 1. The summed E-state index contributed by atoms with van der Waals surface area (Å²) in [4.78, 5) is 22.2. The molecule has 0 spiro atoms. The van der Waals surface area contributed by atoms with Crippen molar-refractivity contribution < 1.29 is 9.90 Å². The van der Waals surface area contributed by atoms with Crippen LogP contribution < -0.4 is 10.2 Å². The quantitative estimate of drug-likeness (QED) is 0.459. The Bertz CT molecular complexity index is 1190. The first-order valence-corrected chi connectivity index (χ1v) is 13.4. The molecule has 2 atom stereocenters. The van der Waals surface area contributed by atoms with Crippen LogP contribution in [-0.2, 0) is 11.2 Å². The van der Waals surface area contributed by atoms with Crippen molar-refractivity contribution in [1.82, 2.24) is 9.88 Å². The van der Waals surface area contributed by atoms with Gasteiger partial charge in [-0.1, -0.05) is 37.5 Å². The fourth-order valence-electron chi connectivity index (χ4n) is 6.61. The van der Waals surface area contributed by atoms with E-state index < -0.39 is 0 Å². The van der Waals surface area contributed by atoms with Gasteiger partial charge in [0.15, 0.2) is 5.78 Å². The normalized spacial score (nSPS) is 22.5. The molecule has 6 nitrogen and oxygen atoms in total. The van der Waals surface area contributed by atoms with Crippen LogP contribution in [0.15, 0.2) is 48.7 Å². The molecule has 3 N–H and O–H groups in total. The summed E-state index contributed by atoms with van der Waals surface area (Å²) in [5, 5.41) is 15.4. The third kappa shape index (κ3) is 4.29. The molecule has 1 saturated carbocycles. The summed E-state index contributed by atoms with van der Waals surface area (Å²) >= 11 is 0. The lowest BCUT2D eigenvalue weighted by Crippen LogP contribution is -2.60. The number of benzene rings is 2. The number of nitrogens with zero attached hydrogens (tertiary/aromatic N) is 2. The Morgan fingerprint density at radius 3 is 2.57 bits per heavy atom. The van der Waals surface area contributed by atoms with Gasteiger partial charge < -0.3 is 20.3 Å². The molecule has 2 unspecified atom stereocenters. The molecule has 3 heterocycles. The smallest absolute Gasteiger partial charge is 0.155 e.